The second-order valence-corrected chi connectivity index (χ2v) is 5.46. The minimum Gasteiger partial charge on any atom is -0.381 e. The minimum atomic E-state index is -0.861. The molecule has 0 fully saturated rings. The van der Waals surface area contributed by atoms with Gasteiger partial charge in [0, 0.05) is 0 Å². The molecule has 0 aliphatic rings. The van der Waals surface area contributed by atoms with Gasteiger partial charge in [-0.25, -0.2) is 19.9 Å². The highest BCUT2D eigenvalue weighted by Crippen LogP contribution is 2.35. The van der Waals surface area contributed by atoms with Gasteiger partial charge in [0.05, 0.1) is 0 Å². The van der Waals surface area contributed by atoms with Crippen molar-refractivity contribution in [3.05, 3.63) is 20.2 Å². The van der Waals surface area contributed by atoms with Crippen molar-refractivity contribution in [1.29, 1.82) is 0 Å². The van der Waals surface area contributed by atoms with Crippen LogP contribution in [0, 0.1) is 20.2 Å². The highest BCUT2D eigenvalue weighted by molar-refractivity contribution is 6.19. The Labute approximate surface area is 151 Å². The summed E-state index contributed by atoms with van der Waals surface area (Å²) in [6.07, 6.45) is 0. The molecule has 0 unspecified atom stereocenters. The van der Waals surface area contributed by atoms with Crippen molar-refractivity contribution in [2.75, 3.05) is 22.9 Å². The van der Waals surface area contributed by atoms with Crippen LogP contribution in [0.15, 0.2) is 0 Å². The van der Waals surface area contributed by atoms with E-state index in [0.29, 0.717) is 0 Å². The summed E-state index contributed by atoms with van der Waals surface area (Å²) in [5, 5.41) is 22.4. The Morgan fingerprint density at radius 3 is 1.04 bits per heavy atom. The van der Waals surface area contributed by atoms with E-state index in [4.69, 9.17) is 22.9 Å². The number of benzene rings is 1. The monoisotopic (exact) mass is 384 g/mol. The van der Waals surface area contributed by atoms with Gasteiger partial charge in [-0.3, -0.25) is 0 Å². The molecule has 1 aromatic carbocycles. The van der Waals surface area contributed by atoms with E-state index in [1.807, 2.05) is 0 Å². The third-order valence-electron chi connectivity index (χ3n) is 3.78. The minimum absolute atomic E-state index is 0.0193. The summed E-state index contributed by atoms with van der Waals surface area (Å²) in [5.74, 6) is -2.84. The van der Waals surface area contributed by atoms with Crippen molar-refractivity contribution in [3.63, 3.8) is 0 Å². The maximum atomic E-state index is 11.2. The lowest BCUT2D eigenvalue weighted by molar-refractivity contribution is -0.388. The number of hydrogen-bond donors (Lipinski definition) is 4. The highest BCUT2D eigenvalue weighted by atomic mass is 16.6. The zero-order chi connectivity index (χ0) is 20.3. The molecule has 0 atom stereocenters. The summed E-state index contributed by atoms with van der Waals surface area (Å²) >= 11 is 0. The fraction of sp³-hybridized carbons (Fsp3) is 0. The van der Waals surface area contributed by atoms with Gasteiger partial charge in [0.1, 0.15) is 22.1 Å². The largest absolute Gasteiger partial charge is 0.407 e. The van der Waals surface area contributed by atoms with E-state index in [1.165, 1.54) is 0 Å². The van der Waals surface area contributed by atoms with Gasteiger partial charge in [0.2, 0.25) is 11.6 Å². The van der Waals surface area contributed by atoms with Gasteiger partial charge in [-0.15, -0.1) is 0 Å². The van der Waals surface area contributed by atoms with Gasteiger partial charge in [-0.05, 0) is 19.8 Å². The number of nitro groups is 2. The predicted octanol–water partition coefficient (Wildman–Crippen LogP) is -0.339. The summed E-state index contributed by atoms with van der Waals surface area (Å²) in [4.78, 5) is 44.4. The number of hydrogen-bond acceptors (Lipinski definition) is 14. The lowest BCUT2D eigenvalue weighted by atomic mass is 10.2. The number of nitrogens with two attached hydrogens (primary N) is 4. The lowest BCUT2D eigenvalue weighted by Crippen LogP contribution is -2.08. The van der Waals surface area contributed by atoms with Crippen molar-refractivity contribution in [1.82, 2.24) is 29.9 Å². The van der Waals surface area contributed by atoms with Crippen LogP contribution in [0.3, 0.4) is 0 Å². The van der Waals surface area contributed by atoms with Gasteiger partial charge in [-0.2, -0.15) is 0 Å². The normalized spacial score (nSPS) is 11.3. The third kappa shape index (κ3) is 2.18. The van der Waals surface area contributed by atoms with Crippen LogP contribution >= 0.6 is 0 Å². The van der Waals surface area contributed by atoms with E-state index in [9.17, 15) is 20.2 Å². The van der Waals surface area contributed by atoms with E-state index in [1.54, 1.807) is 0 Å². The first-order chi connectivity index (χ1) is 13.2. The zero-order valence-electron chi connectivity index (χ0n) is 13.5. The molecule has 16 heteroatoms. The SMILES string of the molecule is Nc1nc2c(nc1N)c1nc(N)c([N+](=O)[O-])nc1c1nc([N+](=O)[O-])c(N)nc21. The Morgan fingerprint density at radius 2 is 0.750 bits per heavy atom. The first-order valence-electron chi connectivity index (χ1n) is 7.27. The number of anilines is 4. The Bertz CT molecular complexity index is 1270. The van der Waals surface area contributed by atoms with Gasteiger partial charge < -0.3 is 43.2 Å². The van der Waals surface area contributed by atoms with E-state index < -0.39 is 33.1 Å². The molecule has 3 aromatic heterocycles. The first kappa shape index (κ1) is 16.7. The van der Waals surface area contributed by atoms with Crippen LogP contribution in [-0.4, -0.2) is 39.8 Å². The van der Waals surface area contributed by atoms with Crippen LogP contribution < -0.4 is 22.9 Å². The summed E-state index contributed by atoms with van der Waals surface area (Å²) in [5.41, 5.74) is 22.1. The molecule has 3 heterocycles. The Morgan fingerprint density at radius 1 is 0.500 bits per heavy atom. The maximum Gasteiger partial charge on any atom is 0.407 e. The van der Waals surface area contributed by atoms with Crippen molar-refractivity contribution >= 4 is 68.0 Å². The Hall–Kier alpha value is -4.76. The molecule has 4 rings (SSSR count). The fourth-order valence-electron chi connectivity index (χ4n) is 2.60. The molecule has 0 spiro atoms. The molecule has 140 valence electrons. The summed E-state index contributed by atoms with van der Waals surface area (Å²) in [6.45, 7) is 0. The molecule has 4 aromatic rings. The average molecular weight is 384 g/mol. The number of fused-ring (bicyclic) bond motifs is 6. The van der Waals surface area contributed by atoms with Crippen LogP contribution in [0.5, 0.6) is 0 Å². The standard InChI is InChI=1S/C12H8N12O4/c13-7-8(14)18-2-1(17-7)3-5(21-11(23(25)26)9(15)19-3)6-4(2)20-10(16)12(22-6)24(27)28/h(H2,13,17)(H2,14,18)(H2,15,19)(H2,16,20). The topological polar surface area (TPSA) is 268 Å². The molecular weight excluding hydrogens is 376 g/mol. The summed E-state index contributed by atoms with van der Waals surface area (Å²) < 4.78 is 0. The van der Waals surface area contributed by atoms with E-state index in [2.05, 4.69) is 29.9 Å². The molecular formula is C12H8N12O4. The van der Waals surface area contributed by atoms with Crippen LogP contribution in [0.4, 0.5) is 34.9 Å². The molecule has 0 saturated carbocycles. The fourth-order valence-corrected chi connectivity index (χ4v) is 2.60. The van der Waals surface area contributed by atoms with E-state index in [-0.39, 0.29) is 44.7 Å². The molecule has 0 aliphatic carbocycles. The van der Waals surface area contributed by atoms with Gasteiger partial charge in [-0.1, -0.05) is 0 Å². The maximum absolute atomic E-state index is 11.2. The van der Waals surface area contributed by atoms with Gasteiger partial charge >= 0.3 is 11.6 Å². The number of aromatic nitrogens is 6. The second-order valence-electron chi connectivity index (χ2n) is 5.46. The van der Waals surface area contributed by atoms with Crippen LogP contribution in [0.25, 0.3) is 33.1 Å². The predicted molar refractivity (Wildman–Crippen MR) is 96.7 cm³/mol. The van der Waals surface area contributed by atoms with Gasteiger partial charge in [0.15, 0.2) is 11.6 Å². The smallest absolute Gasteiger partial charge is 0.381 e. The van der Waals surface area contributed by atoms with Crippen LogP contribution in [-0.2, 0) is 0 Å². The molecule has 0 bridgehead atoms. The van der Waals surface area contributed by atoms with Crippen LogP contribution in [0.2, 0.25) is 0 Å². The first-order valence-corrected chi connectivity index (χ1v) is 7.27. The van der Waals surface area contributed by atoms with Crippen molar-refractivity contribution in [2.45, 2.75) is 0 Å². The number of rotatable bonds is 2. The average Bonchev–Trinajstić information content (AvgIpc) is 2.62. The Kier molecular flexibility index (Phi) is 3.20. The molecule has 28 heavy (non-hydrogen) atoms. The molecule has 16 nitrogen and oxygen atoms in total. The molecule has 0 aliphatic heterocycles. The van der Waals surface area contributed by atoms with E-state index >= 15 is 0 Å². The molecule has 0 radical (unpaired) electrons. The van der Waals surface area contributed by atoms with Crippen molar-refractivity contribution in [2.24, 2.45) is 0 Å². The lowest BCUT2D eigenvalue weighted by Gasteiger charge is -2.07. The summed E-state index contributed by atoms with van der Waals surface area (Å²) in [7, 11) is 0. The van der Waals surface area contributed by atoms with Crippen molar-refractivity contribution in [3.8, 4) is 0 Å². The highest BCUT2D eigenvalue weighted by Gasteiger charge is 2.30. The van der Waals surface area contributed by atoms with Gasteiger partial charge in [0.25, 0.3) is 11.0 Å². The zero-order valence-corrected chi connectivity index (χ0v) is 13.5. The number of nitrogens with zero attached hydrogens (tertiary/aromatic N) is 8. The quantitative estimate of drug-likeness (QED) is 0.195. The van der Waals surface area contributed by atoms with Crippen LogP contribution in [0.1, 0.15) is 0 Å². The number of nitrogen functional groups attached to an aromatic ring is 4. The third-order valence-corrected chi connectivity index (χ3v) is 3.78. The van der Waals surface area contributed by atoms with Crippen molar-refractivity contribution < 1.29 is 9.85 Å². The summed E-state index contributed by atoms with van der Waals surface area (Å²) in [6, 6.07) is 0. The molecule has 8 N–H and O–H groups in total. The van der Waals surface area contributed by atoms with E-state index in [0.717, 1.165) is 0 Å². The Balaban J connectivity index is 2.35. The second kappa shape index (κ2) is 5.37. The molecule has 0 saturated heterocycles. The molecule has 0 amide bonds.